The van der Waals surface area contributed by atoms with E-state index in [1.165, 1.54) is 4.90 Å². The van der Waals surface area contributed by atoms with E-state index in [2.05, 4.69) is 37.5 Å². The predicted octanol–water partition coefficient (Wildman–Crippen LogP) is 6.76. The van der Waals surface area contributed by atoms with Gasteiger partial charge >= 0.3 is 5.97 Å². The number of alkyl halides is 6. The summed E-state index contributed by atoms with van der Waals surface area (Å²) >= 11 is 39.1. The SMILES string of the molecule is C=C(OOCC)N(CC(=O)OCC)c1ccc(-c2nc(C(Cl)(Cl)Cl)nc(C(Cl)(Cl)Cl)n2)cc1Br. The van der Waals surface area contributed by atoms with E-state index in [0.29, 0.717) is 15.7 Å². The molecule has 2 rings (SSSR count). The summed E-state index contributed by atoms with van der Waals surface area (Å²) in [5.41, 5.74) is 0.954. The fraction of sp³-hybridized carbons (Fsp3) is 0.368. The lowest BCUT2D eigenvalue weighted by molar-refractivity contribution is -0.259. The van der Waals surface area contributed by atoms with Crippen LogP contribution in [0, 0.1) is 0 Å². The largest absolute Gasteiger partial charge is 0.465 e. The van der Waals surface area contributed by atoms with E-state index in [0.717, 1.165) is 0 Å². The van der Waals surface area contributed by atoms with Crippen LogP contribution < -0.4 is 4.90 Å². The topological polar surface area (TPSA) is 86.7 Å². The second kappa shape index (κ2) is 12.5. The zero-order valence-corrected chi connectivity index (χ0v) is 23.7. The Morgan fingerprint density at radius 1 is 1.03 bits per heavy atom. The summed E-state index contributed by atoms with van der Waals surface area (Å²) in [6.45, 7) is 7.53. The minimum absolute atomic E-state index is 0.0560. The van der Waals surface area contributed by atoms with Gasteiger partial charge in [-0.15, -0.1) is 0 Å². The Morgan fingerprint density at radius 3 is 2.09 bits per heavy atom. The van der Waals surface area contributed by atoms with Gasteiger partial charge in [-0.2, -0.15) is 4.89 Å². The van der Waals surface area contributed by atoms with Crippen molar-refractivity contribution >= 4 is 97.2 Å². The maximum Gasteiger partial charge on any atom is 0.326 e. The van der Waals surface area contributed by atoms with E-state index >= 15 is 0 Å². The lowest BCUT2D eigenvalue weighted by atomic mass is 10.2. The van der Waals surface area contributed by atoms with Gasteiger partial charge in [0.05, 0.1) is 18.9 Å². The molecule has 1 heterocycles. The first-order valence-electron chi connectivity index (χ1n) is 9.39. The van der Waals surface area contributed by atoms with Crippen LogP contribution in [-0.4, -0.2) is 40.7 Å². The molecule has 0 aliphatic carbocycles. The molecule has 0 saturated carbocycles. The molecule has 0 saturated heterocycles. The van der Waals surface area contributed by atoms with Crippen LogP contribution in [0.3, 0.4) is 0 Å². The molecule has 0 atom stereocenters. The van der Waals surface area contributed by atoms with E-state index in [1.807, 2.05) is 0 Å². The van der Waals surface area contributed by atoms with Gasteiger partial charge in [0.25, 0.3) is 0 Å². The van der Waals surface area contributed by atoms with Crippen LogP contribution in [0.25, 0.3) is 11.4 Å². The van der Waals surface area contributed by atoms with E-state index in [1.54, 1.807) is 32.0 Å². The van der Waals surface area contributed by atoms with Crippen LogP contribution in [0.1, 0.15) is 25.5 Å². The number of ether oxygens (including phenoxy) is 1. The monoisotopic (exact) mass is 654 g/mol. The van der Waals surface area contributed by atoms with Crippen molar-refractivity contribution in [1.29, 1.82) is 0 Å². The quantitative estimate of drug-likeness (QED) is 0.0961. The molecular formula is C19H17BrCl6N4O4. The van der Waals surface area contributed by atoms with Gasteiger partial charge in [-0.3, -0.25) is 9.69 Å². The Labute approximate surface area is 234 Å². The average molecular weight is 658 g/mol. The third-order valence-corrected chi connectivity index (χ3v) is 5.46. The Kier molecular flexibility index (Phi) is 10.8. The zero-order chi connectivity index (χ0) is 25.7. The highest BCUT2D eigenvalue weighted by molar-refractivity contribution is 9.10. The number of benzene rings is 1. The van der Waals surface area contributed by atoms with Crippen LogP contribution in [0.5, 0.6) is 0 Å². The average Bonchev–Trinajstić information content (AvgIpc) is 2.74. The van der Waals surface area contributed by atoms with Gasteiger partial charge < -0.3 is 9.62 Å². The molecule has 0 amide bonds. The van der Waals surface area contributed by atoms with Gasteiger partial charge in [-0.05, 0) is 54.6 Å². The van der Waals surface area contributed by atoms with Crippen molar-refractivity contribution in [2.75, 3.05) is 24.7 Å². The number of aromatic nitrogens is 3. The van der Waals surface area contributed by atoms with Gasteiger partial charge in [0.1, 0.15) is 6.54 Å². The molecule has 2 aromatic rings. The Morgan fingerprint density at radius 2 is 1.62 bits per heavy atom. The second-order valence-corrected chi connectivity index (χ2v) is 11.7. The van der Waals surface area contributed by atoms with Gasteiger partial charge in [0.2, 0.25) is 13.5 Å². The van der Waals surface area contributed by atoms with Crippen molar-refractivity contribution in [2.45, 2.75) is 21.4 Å². The number of nitrogens with zero attached hydrogens (tertiary/aromatic N) is 4. The lowest BCUT2D eigenvalue weighted by Gasteiger charge is -2.25. The normalized spacial score (nSPS) is 11.8. The molecule has 1 aromatic carbocycles. The first kappa shape index (κ1) is 29.5. The van der Waals surface area contributed by atoms with Crippen molar-refractivity contribution in [1.82, 2.24) is 15.0 Å². The summed E-state index contributed by atoms with van der Waals surface area (Å²) in [5, 5.41) is 0. The molecule has 0 fully saturated rings. The van der Waals surface area contributed by atoms with Gasteiger partial charge in [0.15, 0.2) is 17.5 Å². The van der Waals surface area contributed by atoms with Crippen LogP contribution in [-0.2, 0) is 26.9 Å². The Balaban J connectivity index is 2.53. The summed E-state index contributed by atoms with van der Waals surface area (Å²) in [6.07, 6.45) is 0. The highest BCUT2D eigenvalue weighted by Gasteiger charge is 2.34. The Hall–Kier alpha value is -0.780. The second-order valence-electron chi connectivity index (χ2n) is 6.24. The first-order valence-corrected chi connectivity index (χ1v) is 12.5. The summed E-state index contributed by atoms with van der Waals surface area (Å²) < 4.78 is 1.55. The first-order chi connectivity index (χ1) is 15.8. The number of halogens is 7. The maximum atomic E-state index is 12.1. The number of rotatable bonds is 9. The molecule has 34 heavy (non-hydrogen) atoms. The van der Waals surface area contributed by atoms with E-state index in [9.17, 15) is 4.79 Å². The van der Waals surface area contributed by atoms with Crippen LogP contribution in [0.15, 0.2) is 35.1 Å². The molecule has 8 nitrogen and oxygen atoms in total. The number of hydrogen-bond donors (Lipinski definition) is 0. The molecule has 15 heteroatoms. The van der Waals surface area contributed by atoms with Gasteiger partial charge in [-0.25, -0.2) is 15.0 Å². The van der Waals surface area contributed by atoms with E-state index < -0.39 is 13.6 Å². The molecule has 0 spiro atoms. The standard InChI is InChI=1S/C19H17BrCl6N4O4/c1-4-32-14(31)9-30(10(3)34-33-5-2)13-7-6-11(8-12(13)20)15-27-16(18(21,22)23)29-17(28-15)19(24,25)26/h6-8H,3-5,9H2,1-2H3. The molecule has 0 radical (unpaired) electrons. The number of carbonyl (C=O) groups excluding carboxylic acids is 1. The minimum Gasteiger partial charge on any atom is -0.465 e. The number of esters is 1. The number of anilines is 1. The lowest BCUT2D eigenvalue weighted by Crippen LogP contribution is -2.31. The van der Waals surface area contributed by atoms with Crippen LogP contribution >= 0.6 is 85.5 Å². The third-order valence-electron chi connectivity index (χ3n) is 3.81. The highest BCUT2D eigenvalue weighted by atomic mass is 79.9. The van der Waals surface area contributed by atoms with Crippen molar-refractivity contribution in [3.05, 3.63) is 46.8 Å². The summed E-state index contributed by atoms with van der Waals surface area (Å²) in [6, 6.07) is 4.92. The number of carbonyl (C=O) groups is 1. The Bertz CT molecular complexity index is 1020. The summed E-state index contributed by atoms with van der Waals surface area (Å²) in [5.74, 6) is -0.832. The van der Waals surface area contributed by atoms with E-state index in [4.69, 9.17) is 84.1 Å². The fourth-order valence-corrected chi connectivity index (χ4v) is 3.54. The molecule has 0 N–H and O–H groups in total. The van der Waals surface area contributed by atoms with Crippen molar-refractivity contribution in [3.63, 3.8) is 0 Å². The minimum atomic E-state index is -2.00. The molecule has 0 bridgehead atoms. The summed E-state index contributed by atoms with van der Waals surface area (Å²) in [7, 11) is 0. The van der Waals surface area contributed by atoms with Crippen LogP contribution in [0.2, 0.25) is 0 Å². The number of hydrogen-bond acceptors (Lipinski definition) is 8. The smallest absolute Gasteiger partial charge is 0.326 e. The van der Waals surface area contributed by atoms with Crippen molar-refractivity contribution in [3.8, 4) is 11.4 Å². The molecule has 1 aromatic heterocycles. The molecule has 186 valence electrons. The van der Waals surface area contributed by atoms with Gasteiger partial charge in [0, 0.05) is 10.0 Å². The molecule has 0 aliphatic heterocycles. The molecule has 0 aliphatic rings. The highest BCUT2D eigenvalue weighted by Crippen LogP contribution is 2.41. The van der Waals surface area contributed by atoms with E-state index in [-0.39, 0.29) is 43.1 Å². The third kappa shape index (κ3) is 8.13. The van der Waals surface area contributed by atoms with Crippen LogP contribution in [0.4, 0.5) is 5.69 Å². The van der Waals surface area contributed by atoms with Crippen molar-refractivity contribution < 1.29 is 19.3 Å². The molecule has 0 unspecified atom stereocenters. The zero-order valence-electron chi connectivity index (χ0n) is 17.6. The van der Waals surface area contributed by atoms with Crippen molar-refractivity contribution in [2.24, 2.45) is 0 Å². The molecular weight excluding hydrogens is 641 g/mol. The predicted molar refractivity (Wildman–Crippen MR) is 137 cm³/mol. The van der Waals surface area contributed by atoms with Gasteiger partial charge in [-0.1, -0.05) is 69.6 Å². The fourth-order valence-electron chi connectivity index (χ4n) is 2.44. The summed E-state index contributed by atoms with van der Waals surface area (Å²) in [4.78, 5) is 36.0. The maximum absolute atomic E-state index is 12.1.